The lowest BCUT2D eigenvalue weighted by molar-refractivity contribution is 0.148. The number of aryl methyl sites for hydroxylation is 1. The van der Waals surface area contributed by atoms with Gasteiger partial charge in [0.05, 0.1) is 6.20 Å². The summed E-state index contributed by atoms with van der Waals surface area (Å²) in [4.78, 5) is 7.01. The van der Waals surface area contributed by atoms with E-state index in [2.05, 4.69) is 22.1 Å². The first kappa shape index (κ1) is 14.5. The smallest absolute Gasteiger partial charge is 0.195 e. The first-order valence-electron chi connectivity index (χ1n) is 7.65. The van der Waals surface area contributed by atoms with E-state index in [1.807, 2.05) is 13.2 Å². The predicted molar refractivity (Wildman–Crippen MR) is 77.3 cm³/mol. The molecule has 1 fully saturated rings. The molecule has 2 rings (SSSR count). The standard InChI is InChI=1S/C15H27N3O/c1-3-18-10-5-4-7-13(18)11-15-17-12-14(19-15)8-6-9-16-2/h12-13,16H,3-11H2,1-2H3. The number of oxazole rings is 1. The molecule has 1 aliphatic heterocycles. The van der Waals surface area contributed by atoms with Gasteiger partial charge < -0.3 is 14.6 Å². The fourth-order valence-corrected chi connectivity index (χ4v) is 2.91. The average Bonchev–Trinajstić information content (AvgIpc) is 2.87. The molecule has 0 radical (unpaired) electrons. The highest BCUT2D eigenvalue weighted by Crippen LogP contribution is 2.20. The van der Waals surface area contributed by atoms with Gasteiger partial charge >= 0.3 is 0 Å². The summed E-state index contributed by atoms with van der Waals surface area (Å²) in [6, 6.07) is 0.627. The second kappa shape index (κ2) is 7.65. The van der Waals surface area contributed by atoms with Crippen LogP contribution in [0.4, 0.5) is 0 Å². The van der Waals surface area contributed by atoms with Crippen LogP contribution in [0.5, 0.6) is 0 Å². The minimum absolute atomic E-state index is 0.627. The van der Waals surface area contributed by atoms with Crippen LogP contribution in [-0.4, -0.2) is 42.6 Å². The van der Waals surface area contributed by atoms with E-state index in [1.54, 1.807) is 0 Å². The Morgan fingerprint density at radius 3 is 3.16 bits per heavy atom. The highest BCUT2D eigenvalue weighted by Gasteiger charge is 2.22. The molecule has 4 heteroatoms. The van der Waals surface area contributed by atoms with Crippen molar-refractivity contribution in [3.8, 4) is 0 Å². The van der Waals surface area contributed by atoms with Crippen LogP contribution in [0.3, 0.4) is 0 Å². The number of piperidine rings is 1. The summed E-state index contributed by atoms with van der Waals surface area (Å²) in [5, 5.41) is 3.16. The van der Waals surface area contributed by atoms with E-state index in [1.165, 1.54) is 25.8 Å². The maximum Gasteiger partial charge on any atom is 0.195 e. The van der Waals surface area contributed by atoms with Crippen LogP contribution in [-0.2, 0) is 12.8 Å². The van der Waals surface area contributed by atoms with Gasteiger partial charge in [-0.05, 0) is 45.9 Å². The number of hydrogen-bond donors (Lipinski definition) is 1. The molecule has 2 heterocycles. The summed E-state index contributed by atoms with van der Waals surface area (Å²) in [7, 11) is 1.98. The van der Waals surface area contributed by atoms with E-state index in [9.17, 15) is 0 Å². The van der Waals surface area contributed by atoms with E-state index in [0.717, 1.165) is 44.0 Å². The van der Waals surface area contributed by atoms with Crippen molar-refractivity contribution >= 4 is 0 Å². The quantitative estimate of drug-likeness (QED) is 0.768. The third-order valence-corrected chi connectivity index (χ3v) is 4.02. The molecular formula is C15H27N3O. The Morgan fingerprint density at radius 2 is 2.37 bits per heavy atom. The largest absolute Gasteiger partial charge is 0.446 e. The van der Waals surface area contributed by atoms with Crippen LogP contribution in [0.1, 0.15) is 44.3 Å². The SMILES string of the molecule is CCN1CCCCC1Cc1ncc(CCCNC)o1. The number of likely N-dealkylation sites (tertiary alicyclic amines) is 1. The minimum atomic E-state index is 0.627. The van der Waals surface area contributed by atoms with E-state index in [0.29, 0.717) is 6.04 Å². The average molecular weight is 265 g/mol. The fourth-order valence-electron chi connectivity index (χ4n) is 2.91. The number of aromatic nitrogens is 1. The van der Waals surface area contributed by atoms with Gasteiger partial charge in [0.25, 0.3) is 0 Å². The molecule has 1 unspecified atom stereocenters. The monoisotopic (exact) mass is 265 g/mol. The number of rotatable bonds is 7. The van der Waals surface area contributed by atoms with Gasteiger partial charge in [-0.2, -0.15) is 0 Å². The zero-order chi connectivity index (χ0) is 13.5. The van der Waals surface area contributed by atoms with Crippen molar-refractivity contribution in [2.45, 2.75) is 51.5 Å². The highest BCUT2D eigenvalue weighted by atomic mass is 16.4. The van der Waals surface area contributed by atoms with Gasteiger partial charge in [0, 0.05) is 18.9 Å². The molecule has 1 saturated heterocycles. The van der Waals surface area contributed by atoms with Crippen molar-refractivity contribution in [3.63, 3.8) is 0 Å². The normalized spacial score (nSPS) is 20.8. The highest BCUT2D eigenvalue weighted by molar-refractivity contribution is 4.97. The van der Waals surface area contributed by atoms with Crippen LogP contribution >= 0.6 is 0 Å². The third-order valence-electron chi connectivity index (χ3n) is 4.02. The van der Waals surface area contributed by atoms with Crippen molar-refractivity contribution in [1.29, 1.82) is 0 Å². The van der Waals surface area contributed by atoms with E-state index >= 15 is 0 Å². The molecule has 1 aliphatic rings. The molecule has 0 aromatic carbocycles. The molecule has 0 saturated carbocycles. The van der Waals surface area contributed by atoms with Crippen LogP contribution in [0.25, 0.3) is 0 Å². The van der Waals surface area contributed by atoms with Crippen molar-refractivity contribution in [3.05, 3.63) is 17.8 Å². The lowest BCUT2D eigenvalue weighted by Crippen LogP contribution is -2.40. The molecule has 1 atom stereocenters. The second-order valence-corrected chi connectivity index (χ2v) is 5.41. The maximum atomic E-state index is 5.86. The summed E-state index contributed by atoms with van der Waals surface area (Å²) in [5.41, 5.74) is 0. The first-order valence-corrected chi connectivity index (χ1v) is 7.65. The van der Waals surface area contributed by atoms with E-state index in [4.69, 9.17) is 4.42 Å². The number of likely N-dealkylation sites (N-methyl/N-ethyl adjacent to an activating group) is 1. The lowest BCUT2D eigenvalue weighted by atomic mass is 9.99. The van der Waals surface area contributed by atoms with Gasteiger partial charge in [0.2, 0.25) is 0 Å². The van der Waals surface area contributed by atoms with Gasteiger partial charge in [-0.25, -0.2) is 4.98 Å². The summed E-state index contributed by atoms with van der Waals surface area (Å²) in [6.45, 7) is 5.65. The Labute approximate surface area is 116 Å². The van der Waals surface area contributed by atoms with Crippen molar-refractivity contribution < 1.29 is 4.42 Å². The topological polar surface area (TPSA) is 41.3 Å². The number of hydrogen-bond acceptors (Lipinski definition) is 4. The third kappa shape index (κ3) is 4.32. The molecule has 1 aromatic heterocycles. The zero-order valence-electron chi connectivity index (χ0n) is 12.3. The zero-order valence-corrected chi connectivity index (χ0v) is 12.3. The van der Waals surface area contributed by atoms with Crippen molar-refractivity contribution in [2.24, 2.45) is 0 Å². The number of nitrogens with one attached hydrogen (secondary N) is 1. The molecular weight excluding hydrogens is 238 g/mol. The Hall–Kier alpha value is -0.870. The maximum absolute atomic E-state index is 5.86. The molecule has 108 valence electrons. The lowest BCUT2D eigenvalue weighted by Gasteiger charge is -2.34. The Kier molecular flexibility index (Phi) is 5.86. The van der Waals surface area contributed by atoms with Gasteiger partial charge in [-0.15, -0.1) is 0 Å². The van der Waals surface area contributed by atoms with Crippen molar-refractivity contribution in [1.82, 2.24) is 15.2 Å². The van der Waals surface area contributed by atoms with Crippen LogP contribution in [0.15, 0.2) is 10.6 Å². The first-order chi connectivity index (χ1) is 9.33. The molecule has 0 bridgehead atoms. The summed E-state index contributed by atoms with van der Waals surface area (Å²) >= 11 is 0. The molecule has 0 aliphatic carbocycles. The fraction of sp³-hybridized carbons (Fsp3) is 0.800. The molecule has 1 aromatic rings. The predicted octanol–water partition coefficient (Wildman–Crippen LogP) is 2.24. The summed E-state index contributed by atoms with van der Waals surface area (Å²) in [5.74, 6) is 1.95. The Morgan fingerprint density at radius 1 is 1.47 bits per heavy atom. The summed E-state index contributed by atoms with van der Waals surface area (Å²) in [6.07, 6.45) is 8.93. The van der Waals surface area contributed by atoms with Gasteiger partial charge in [-0.1, -0.05) is 13.3 Å². The second-order valence-electron chi connectivity index (χ2n) is 5.41. The molecule has 1 N–H and O–H groups in total. The Bertz CT molecular complexity index is 364. The number of nitrogens with zero attached hydrogens (tertiary/aromatic N) is 2. The minimum Gasteiger partial charge on any atom is -0.446 e. The van der Waals surface area contributed by atoms with Gasteiger partial charge in [0.1, 0.15) is 5.76 Å². The molecule has 19 heavy (non-hydrogen) atoms. The Balaban J connectivity index is 1.84. The van der Waals surface area contributed by atoms with E-state index < -0.39 is 0 Å². The molecule has 0 amide bonds. The van der Waals surface area contributed by atoms with E-state index in [-0.39, 0.29) is 0 Å². The van der Waals surface area contributed by atoms with Crippen molar-refractivity contribution in [2.75, 3.05) is 26.7 Å². The van der Waals surface area contributed by atoms with Gasteiger partial charge in [-0.3, -0.25) is 0 Å². The molecule has 4 nitrogen and oxygen atoms in total. The van der Waals surface area contributed by atoms with Gasteiger partial charge in [0.15, 0.2) is 5.89 Å². The van der Waals surface area contributed by atoms with Crippen LogP contribution in [0, 0.1) is 0 Å². The van der Waals surface area contributed by atoms with Crippen LogP contribution in [0.2, 0.25) is 0 Å². The van der Waals surface area contributed by atoms with Crippen LogP contribution < -0.4 is 5.32 Å². The summed E-state index contributed by atoms with van der Waals surface area (Å²) < 4.78 is 5.86. The molecule has 0 spiro atoms.